The number of carboxylic acids is 1. The van der Waals surface area contributed by atoms with Crippen molar-refractivity contribution < 1.29 is 14.6 Å². The van der Waals surface area contributed by atoms with E-state index in [1.807, 2.05) is 38.1 Å². The van der Waals surface area contributed by atoms with Crippen LogP contribution in [0.25, 0.3) is 11.4 Å². The summed E-state index contributed by atoms with van der Waals surface area (Å²) in [4.78, 5) is 18.9. The number of ether oxygens (including phenoxy) is 1. The lowest BCUT2D eigenvalue weighted by molar-refractivity contribution is -0.138. The number of carboxylic acid groups (broad SMARTS) is 1. The molecule has 0 saturated heterocycles. The van der Waals surface area contributed by atoms with Crippen molar-refractivity contribution in [3.63, 3.8) is 0 Å². The number of nitrogens with zero attached hydrogens (tertiary/aromatic N) is 1. The molecule has 5 nitrogen and oxygen atoms in total. The fourth-order valence-corrected chi connectivity index (χ4v) is 2.67. The molecule has 0 spiro atoms. The van der Waals surface area contributed by atoms with Crippen molar-refractivity contribution in [2.75, 3.05) is 0 Å². The minimum atomic E-state index is -0.799. The molecule has 3 rings (SSSR count). The molecule has 0 radical (unpaired) electrons. The summed E-state index contributed by atoms with van der Waals surface area (Å²) < 4.78 is 5.61. The number of aromatic nitrogens is 2. The molecule has 0 bridgehead atoms. The number of H-pyrrole nitrogens is 1. The molecule has 1 unspecified atom stereocenters. The van der Waals surface area contributed by atoms with Crippen LogP contribution in [0.15, 0.2) is 24.3 Å². The van der Waals surface area contributed by atoms with Gasteiger partial charge in [0, 0.05) is 11.3 Å². The number of aromatic amines is 1. The van der Waals surface area contributed by atoms with Crippen LogP contribution < -0.4 is 4.74 Å². The predicted octanol–water partition coefficient (Wildman–Crippen LogP) is 2.98. The third-order valence-corrected chi connectivity index (χ3v) is 3.62. The molecule has 0 saturated carbocycles. The summed E-state index contributed by atoms with van der Waals surface area (Å²) in [7, 11) is 0. The van der Waals surface area contributed by atoms with Crippen LogP contribution in [0.2, 0.25) is 0 Å². The zero-order valence-corrected chi connectivity index (χ0v) is 12.1. The summed E-state index contributed by atoms with van der Waals surface area (Å²) >= 11 is 0. The number of hydrogen-bond donors (Lipinski definition) is 2. The van der Waals surface area contributed by atoms with Crippen molar-refractivity contribution >= 4 is 5.97 Å². The van der Waals surface area contributed by atoms with E-state index in [-0.39, 0.29) is 6.10 Å². The molecule has 0 aliphatic heterocycles. The fourth-order valence-electron chi connectivity index (χ4n) is 2.67. The van der Waals surface area contributed by atoms with Crippen molar-refractivity contribution in [3.05, 3.63) is 35.7 Å². The summed E-state index contributed by atoms with van der Waals surface area (Å²) in [6.45, 7) is 3.97. The SMILES string of the molecule is CC(C)Oc1ccc(-c2nc3c([nH]2)CCC3C(=O)O)cc1. The van der Waals surface area contributed by atoms with Crippen molar-refractivity contribution in [1.29, 1.82) is 0 Å². The highest BCUT2D eigenvalue weighted by Crippen LogP contribution is 2.33. The number of fused-ring (bicyclic) bond motifs is 1. The molecule has 1 heterocycles. The quantitative estimate of drug-likeness (QED) is 0.906. The van der Waals surface area contributed by atoms with Gasteiger partial charge in [-0.05, 0) is 51.0 Å². The Morgan fingerprint density at radius 2 is 2.10 bits per heavy atom. The van der Waals surface area contributed by atoms with Gasteiger partial charge in [-0.1, -0.05) is 0 Å². The molecular weight excluding hydrogens is 268 g/mol. The van der Waals surface area contributed by atoms with Gasteiger partial charge in [-0.25, -0.2) is 4.98 Å². The lowest BCUT2D eigenvalue weighted by Crippen LogP contribution is -2.08. The number of rotatable bonds is 4. The minimum absolute atomic E-state index is 0.139. The zero-order valence-electron chi connectivity index (χ0n) is 12.1. The third kappa shape index (κ3) is 2.63. The number of aryl methyl sites for hydroxylation is 1. The van der Waals surface area contributed by atoms with Crippen LogP contribution in [0.5, 0.6) is 5.75 Å². The van der Waals surface area contributed by atoms with Gasteiger partial charge in [0.1, 0.15) is 17.5 Å². The molecule has 110 valence electrons. The standard InChI is InChI=1S/C16H18N2O3/c1-9(2)21-11-5-3-10(4-6-11)15-17-13-8-7-12(16(19)20)14(13)18-15/h3-6,9,12H,7-8H2,1-2H3,(H,17,18)(H,19,20). The maximum Gasteiger partial charge on any atom is 0.312 e. The molecule has 2 N–H and O–H groups in total. The highest BCUT2D eigenvalue weighted by Gasteiger charge is 2.32. The highest BCUT2D eigenvalue weighted by atomic mass is 16.5. The van der Waals surface area contributed by atoms with Crippen molar-refractivity contribution in [3.8, 4) is 17.1 Å². The van der Waals surface area contributed by atoms with Crippen molar-refractivity contribution in [1.82, 2.24) is 9.97 Å². The molecule has 1 aromatic carbocycles. The molecule has 21 heavy (non-hydrogen) atoms. The number of hydrogen-bond acceptors (Lipinski definition) is 3. The first-order valence-electron chi connectivity index (χ1n) is 7.13. The summed E-state index contributed by atoms with van der Waals surface area (Å²) in [5.74, 6) is 0.263. The van der Waals surface area contributed by atoms with Crippen LogP contribution in [-0.4, -0.2) is 27.1 Å². The number of aliphatic carboxylic acids is 1. The lowest BCUT2D eigenvalue weighted by atomic mass is 10.1. The Bertz CT molecular complexity index is 659. The molecule has 2 aromatic rings. The van der Waals surface area contributed by atoms with E-state index in [9.17, 15) is 9.90 Å². The second-order valence-corrected chi connectivity index (χ2v) is 5.57. The molecule has 1 aliphatic carbocycles. The second kappa shape index (κ2) is 5.24. The molecule has 1 aliphatic rings. The Morgan fingerprint density at radius 3 is 2.71 bits per heavy atom. The van der Waals surface area contributed by atoms with Crippen molar-refractivity contribution in [2.24, 2.45) is 0 Å². The van der Waals surface area contributed by atoms with Gasteiger partial charge in [0.15, 0.2) is 0 Å². The van der Waals surface area contributed by atoms with Crippen LogP contribution in [0.4, 0.5) is 0 Å². The first kappa shape index (κ1) is 13.7. The van der Waals surface area contributed by atoms with E-state index in [2.05, 4.69) is 9.97 Å². The van der Waals surface area contributed by atoms with Crippen LogP contribution in [0.1, 0.15) is 37.6 Å². The summed E-state index contributed by atoms with van der Waals surface area (Å²) in [6, 6.07) is 7.66. The number of benzene rings is 1. The second-order valence-electron chi connectivity index (χ2n) is 5.57. The van der Waals surface area contributed by atoms with E-state index in [0.29, 0.717) is 12.1 Å². The normalized spacial score (nSPS) is 17.0. The highest BCUT2D eigenvalue weighted by molar-refractivity contribution is 5.77. The van der Waals surface area contributed by atoms with Crippen LogP contribution >= 0.6 is 0 Å². The van der Waals surface area contributed by atoms with E-state index in [0.717, 1.165) is 29.3 Å². The first-order valence-corrected chi connectivity index (χ1v) is 7.13. The Labute approximate surface area is 123 Å². The lowest BCUT2D eigenvalue weighted by Gasteiger charge is -2.09. The zero-order chi connectivity index (χ0) is 15.0. The molecule has 0 amide bonds. The molecule has 0 fully saturated rings. The van der Waals surface area contributed by atoms with Crippen LogP contribution in [-0.2, 0) is 11.2 Å². The third-order valence-electron chi connectivity index (χ3n) is 3.62. The number of carbonyl (C=O) groups is 1. The van der Waals surface area contributed by atoms with Gasteiger partial charge in [0.25, 0.3) is 0 Å². The van der Waals surface area contributed by atoms with Crippen LogP contribution in [0, 0.1) is 0 Å². The van der Waals surface area contributed by atoms with E-state index in [4.69, 9.17) is 4.74 Å². The minimum Gasteiger partial charge on any atom is -0.491 e. The largest absolute Gasteiger partial charge is 0.491 e. The fraction of sp³-hybridized carbons (Fsp3) is 0.375. The summed E-state index contributed by atoms with van der Waals surface area (Å²) in [5.41, 5.74) is 2.56. The smallest absolute Gasteiger partial charge is 0.312 e. The van der Waals surface area contributed by atoms with Crippen LogP contribution in [0.3, 0.4) is 0 Å². The van der Waals surface area contributed by atoms with Gasteiger partial charge < -0.3 is 14.8 Å². The Balaban J connectivity index is 1.85. The molecule has 1 aromatic heterocycles. The number of nitrogens with one attached hydrogen (secondary N) is 1. The van der Waals surface area contributed by atoms with Gasteiger partial charge in [-0.15, -0.1) is 0 Å². The van der Waals surface area contributed by atoms with Gasteiger partial charge in [0.05, 0.1) is 11.8 Å². The topological polar surface area (TPSA) is 75.2 Å². The molecule has 5 heteroatoms. The van der Waals surface area contributed by atoms with Crippen molar-refractivity contribution in [2.45, 2.75) is 38.7 Å². The van der Waals surface area contributed by atoms with Gasteiger partial charge in [-0.2, -0.15) is 0 Å². The average molecular weight is 286 g/mol. The molecular formula is C16H18N2O3. The monoisotopic (exact) mass is 286 g/mol. The predicted molar refractivity (Wildman–Crippen MR) is 78.5 cm³/mol. The van der Waals surface area contributed by atoms with Gasteiger partial charge in [-0.3, -0.25) is 4.79 Å². The van der Waals surface area contributed by atoms with E-state index < -0.39 is 11.9 Å². The van der Waals surface area contributed by atoms with Gasteiger partial charge in [0.2, 0.25) is 0 Å². The maximum absolute atomic E-state index is 11.2. The van der Waals surface area contributed by atoms with E-state index in [1.165, 1.54) is 0 Å². The van der Waals surface area contributed by atoms with E-state index >= 15 is 0 Å². The Hall–Kier alpha value is -2.30. The molecule has 1 atom stereocenters. The Morgan fingerprint density at radius 1 is 1.38 bits per heavy atom. The summed E-state index contributed by atoms with van der Waals surface area (Å²) in [5, 5.41) is 9.19. The average Bonchev–Trinajstić information content (AvgIpc) is 2.98. The number of imidazole rings is 1. The van der Waals surface area contributed by atoms with E-state index in [1.54, 1.807) is 0 Å². The maximum atomic E-state index is 11.2. The first-order chi connectivity index (χ1) is 10.0. The Kier molecular flexibility index (Phi) is 3.41. The van der Waals surface area contributed by atoms with Gasteiger partial charge >= 0.3 is 5.97 Å². The summed E-state index contributed by atoms with van der Waals surface area (Å²) in [6.07, 6.45) is 1.51.